The first-order chi connectivity index (χ1) is 9.49. The highest BCUT2D eigenvalue weighted by Gasteiger charge is 2.22. The minimum atomic E-state index is -0.0505. The number of fused-ring (bicyclic) bond motifs is 1. The molecule has 0 radical (unpaired) electrons. The van der Waals surface area contributed by atoms with Gasteiger partial charge < -0.3 is 16.0 Å². The Kier molecular flexibility index (Phi) is 4.73. The summed E-state index contributed by atoms with van der Waals surface area (Å²) in [4.78, 5) is 15.2. The number of benzene rings is 1. The average Bonchev–Trinajstić information content (AvgIpc) is 2.38. The Bertz CT molecular complexity index is 560. The zero-order valence-electron chi connectivity index (χ0n) is 11.3. The Morgan fingerprint density at radius 2 is 2.15 bits per heavy atom. The average molecular weight is 315 g/mol. The van der Waals surface area contributed by atoms with Crippen LogP contribution in [0.15, 0.2) is 17.1 Å². The highest BCUT2D eigenvalue weighted by atomic mass is 35.5. The summed E-state index contributed by atoms with van der Waals surface area (Å²) >= 11 is 12.2. The van der Waals surface area contributed by atoms with E-state index in [2.05, 4.69) is 20.9 Å². The molecule has 0 saturated heterocycles. The lowest BCUT2D eigenvalue weighted by Crippen LogP contribution is -2.43. The maximum Gasteiger partial charge on any atom is 0.216 e. The minimum Gasteiger partial charge on any atom is -0.355 e. The van der Waals surface area contributed by atoms with Crippen molar-refractivity contribution in [3.63, 3.8) is 0 Å². The van der Waals surface area contributed by atoms with E-state index in [0.29, 0.717) is 29.1 Å². The summed E-state index contributed by atoms with van der Waals surface area (Å²) in [6.07, 6.45) is 0. The van der Waals surface area contributed by atoms with E-state index < -0.39 is 0 Å². The molecule has 0 fully saturated rings. The standard InChI is InChI=1S/C13H16Cl2N4O/c1-7-11-10(4-3-9(14)12(11)15)19-13(18-7)17-6-5-16-8(2)20/h3-4,7H,5-6H2,1-2H3,(H,16,20)(H2,17,18,19). The molecule has 2 rings (SSSR count). The van der Waals surface area contributed by atoms with Gasteiger partial charge in [-0.15, -0.1) is 0 Å². The maximum absolute atomic E-state index is 10.8. The number of hydrogen-bond acceptors (Lipinski definition) is 4. The summed E-state index contributed by atoms with van der Waals surface area (Å²) in [5.41, 5.74) is 1.69. The number of nitrogens with zero attached hydrogens (tertiary/aromatic N) is 1. The summed E-state index contributed by atoms with van der Waals surface area (Å²) < 4.78 is 0. The van der Waals surface area contributed by atoms with Crippen LogP contribution in [0.3, 0.4) is 0 Å². The Morgan fingerprint density at radius 3 is 2.85 bits per heavy atom. The topological polar surface area (TPSA) is 65.5 Å². The molecule has 3 N–H and O–H groups in total. The van der Waals surface area contributed by atoms with E-state index in [1.54, 1.807) is 6.07 Å². The van der Waals surface area contributed by atoms with E-state index in [1.807, 2.05) is 13.0 Å². The van der Waals surface area contributed by atoms with Crippen LogP contribution in [0.25, 0.3) is 0 Å². The fourth-order valence-corrected chi connectivity index (χ4v) is 2.49. The molecule has 1 aliphatic rings. The maximum atomic E-state index is 10.8. The highest BCUT2D eigenvalue weighted by molar-refractivity contribution is 6.42. The molecular weight excluding hydrogens is 299 g/mol. The Hall–Kier alpha value is -1.46. The van der Waals surface area contributed by atoms with Gasteiger partial charge in [0.1, 0.15) is 0 Å². The zero-order valence-corrected chi connectivity index (χ0v) is 12.8. The van der Waals surface area contributed by atoms with Crippen molar-refractivity contribution in [3.8, 4) is 0 Å². The van der Waals surface area contributed by atoms with Crippen molar-refractivity contribution in [2.45, 2.75) is 19.9 Å². The molecule has 108 valence electrons. The first-order valence-corrected chi connectivity index (χ1v) is 7.06. The zero-order chi connectivity index (χ0) is 14.7. The predicted octanol–water partition coefficient (Wildman–Crippen LogP) is 2.37. The summed E-state index contributed by atoms with van der Waals surface area (Å²) in [7, 11) is 0. The molecular formula is C13H16Cl2N4O. The van der Waals surface area contributed by atoms with E-state index in [1.165, 1.54) is 6.92 Å². The second-order valence-electron chi connectivity index (χ2n) is 4.53. The Balaban J connectivity index is 2.08. The lowest BCUT2D eigenvalue weighted by Gasteiger charge is -2.26. The molecule has 7 heteroatoms. The van der Waals surface area contributed by atoms with Crippen molar-refractivity contribution in [3.05, 3.63) is 27.7 Å². The summed E-state index contributed by atoms with van der Waals surface area (Å²) in [6, 6.07) is 3.59. The van der Waals surface area contributed by atoms with Gasteiger partial charge in [0.2, 0.25) is 5.91 Å². The number of carbonyl (C=O) groups excluding carboxylic acids is 1. The number of amides is 1. The molecule has 0 spiro atoms. The second-order valence-corrected chi connectivity index (χ2v) is 5.32. The second kappa shape index (κ2) is 6.33. The van der Waals surface area contributed by atoms with Crippen LogP contribution in [-0.2, 0) is 4.79 Å². The molecule has 0 aliphatic carbocycles. The van der Waals surface area contributed by atoms with Gasteiger partial charge in [-0.3, -0.25) is 4.79 Å². The first kappa shape index (κ1) is 14.9. The molecule has 1 heterocycles. The van der Waals surface area contributed by atoms with Gasteiger partial charge in [0.05, 0.1) is 21.8 Å². The molecule has 1 aliphatic heterocycles. The van der Waals surface area contributed by atoms with E-state index in [4.69, 9.17) is 23.2 Å². The predicted molar refractivity (Wildman–Crippen MR) is 81.8 cm³/mol. The van der Waals surface area contributed by atoms with E-state index in [-0.39, 0.29) is 11.9 Å². The number of carbonyl (C=O) groups is 1. The minimum absolute atomic E-state index is 0.0111. The van der Waals surface area contributed by atoms with Crippen LogP contribution in [0.5, 0.6) is 0 Å². The molecule has 1 unspecified atom stereocenters. The molecule has 0 bridgehead atoms. The van der Waals surface area contributed by atoms with Crippen LogP contribution < -0.4 is 16.0 Å². The largest absolute Gasteiger partial charge is 0.355 e. The number of guanidine groups is 1. The lowest BCUT2D eigenvalue weighted by molar-refractivity contribution is -0.118. The van der Waals surface area contributed by atoms with Gasteiger partial charge >= 0.3 is 0 Å². The molecule has 20 heavy (non-hydrogen) atoms. The van der Waals surface area contributed by atoms with Gasteiger partial charge in [0.25, 0.3) is 0 Å². The molecule has 1 aromatic carbocycles. The first-order valence-electron chi connectivity index (χ1n) is 6.30. The Morgan fingerprint density at radius 1 is 1.40 bits per heavy atom. The van der Waals surface area contributed by atoms with Crippen LogP contribution in [0.1, 0.15) is 25.5 Å². The van der Waals surface area contributed by atoms with Crippen molar-refractivity contribution in [2.24, 2.45) is 4.99 Å². The van der Waals surface area contributed by atoms with Crippen LogP contribution in [-0.4, -0.2) is 25.0 Å². The van der Waals surface area contributed by atoms with Crippen molar-refractivity contribution in [1.82, 2.24) is 16.0 Å². The van der Waals surface area contributed by atoms with Crippen LogP contribution in [0, 0.1) is 0 Å². The van der Waals surface area contributed by atoms with Gasteiger partial charge in [-0.25, -0.2) is 4.99 Å². The SMILES string of the molecule is CC(=O)NCCNC1=Nc2ccc(Cl)c(Cl)c2C(C)N1. The van der Waals surface area contributed by atoms with Crippen LogP contribution in [0.4, 0.5) is 5.69 Å². The molecule has 5 nitrogen and oxygen atoms in total. The summed E-state index contributed by atoms with van der Waals surface area (Å²) in [5.74, 6) is 0.610. The number of rotatable bonds is 3. The number of hydrogen-bond donors (Lipinski definition) is 3. The van der Waals surface area contributed by atoms with Crippen molar-refractivity contribution in [1.29, 1.82) is 0 Å². The normalized spacial score (nSPS) is 16.8. The van der Waals surface area contributed by atoms with E-state index >= 15 is 0 Å². The van der Waals surface area contributed by atoms with Gasteiger partial charge in [-0.2, -0.15) is 0 Å². The van der Waals surface area contributed by atoms with E-state index in [0.717, 1.165) is 11.3 Å². The monoisotopic (exact) mass is 314 g/mol. The molecule has 1 amide bonds. The summed E-state index contributed by atoms with van der Waals surface area (Å²) in [6.45, 7) is 4.61. The quantitative estimate of drug-likeness (QED) is 0.750. The van der Waals surface area contributed by atoms with Crippen LogP contribution in [0.2, 0.25) is 10.0 Å². The van der Waals surface area contributed by atoms with Gasteiger partial charge in [-0.05, 0) is 19.1 Å². The molecule has 0 aromatic heterocycles. The van der Waals surface area contributed by atoms with Crippen LogP contribution >= 0.6 is 23.2 Å². The van der Waals surface area contributed by atoms with E-state index in [9.17, 15) is 4.79 Å². The smallest absolute Gasteiger partial charge is 0.216 e. The van der Waals surface area contributed by atoms with Gasteiger partial charge in [0, 0.05) is 25.6 Å². The third-order valence-corrected chi connectivity index (χ3v) is 3.74. The number of aliphatic imine (C=N–C) groups is 1. The fraction of sp³-hybridized carbons (Fsp3) is 0.385. The van der Waals surface area contributed by atoms with Gasteiger partial charge in [-0.1, -0.05) is 23.2 Å². The highest BCUT2D eigenvalue weighted by Crippen LogP contribution is 2.38. The number of nitrogens with one attached hydrogen (secondary N) is 3. The number of halogens is 2. The Labute approximate surface area is 127 Å². The third-order valence-electron chi connectivity index (χ3n) is 2.92. The molecule has 1 aromatic rings. The van der Waals surface area contributed by atoms with Crippen molar-refractivity contribution in [2.75, 3.05) is 13.1 Å². The van der Waals surface area contributed by atoms with Gasteiger partial charge in [0.15, 0.2) is 5.96 Å². The molecule has 1 atom stereocenters. The third kappa shape index (κ3) is 3.35. The van der Waals surface area contributed by atoms with Crippen molar-refractivity contribution < 1.29 is 4.79 Å². The van der Waals surface area contributed by atoms with Crippen molar-refractivity contribution >= 4 is 40.8 Å². The molecule has 0 saturated carbocycles. The fourth-order valence-electron chi connectivity index (χ4n) is 2.01. The summed E-state index contributed by atoms with van der Waals surface area (Å²) in [5, 5.41) is 10.1. The lowest BCUT2D eigenvalue weighted by atomic mass is 10.0.